The molecule has 0 saturated carbocycles. The molecule has 0 aromatic rings. The van der Waals surface area contributed by atoms with Crippen LogP contribution in [0.15, 0.2) is 10.4 Å². The van der Waals surface area contributed by atoms with Gasteiger partial charge in [0, 0.05) is 0 Å². The molecule has 7 heteroatoms. The number of hydrogen-bond donors (Lipinski definition) is 1. The monoisotopic (exact) mass is 190 g/mol. The topological polar surface area (TPSA) is 55.8 Å². The predicted octanol–water partition coefficient (Wildman–Crippen LogP) is 1.74. The average Bonchev–Trinajstić information content (AvgIpc) is 1.79. The molecule has 0 atom stereocenters. The van der Waals surface area contributed by atoms with Crippen molar-refractivity contribution >= 4 is 31.0 Å². The van der Waals surface area contributed by atoms with Crippen LogP contribution >= 0.6 is 31.0 Å². The lowest BCUT2D eigenvalue weighted by atomic mass is 11.1. The third-order valence-electron chi connectivity index (χ3n) is 0.546. The van der Waals surface area contributed by atoms with Gasteiger partial charge in [0.05, 0.1) is 0 Å². The van der Waals surface area contributed by atoms with E-state index in [9.17, 15) is 4.57 Å². The SMILES string of the molecule is O=P1(O)OC(Cl)=C(Cl)O1. The van der Waals surface area contributed by atoms with Crippen LogP contribution in [0.5, 0.6) is 0 Å². The molecule has 0 amide bonds. The predicted molar refractivity (Wildman–Crippen MR) is 30.7 cm³/mol. The first-order valence-electron chi connectivity index (χ1n) is 1.78. The molecule has 9 heavy (non-hydrogen) atoms. The Morgan fingerprint density at radius 3 is 1.78 bits per heavy atom. The van der Waals surface area contributed by atoms with Crippen LogP contribution < -0.4 is 0 Å². The third kappa shape index (κ3) is 1.52. The lowest BCUT2D eigenvalue weighted by molar-refractivity contribution is 0.273. The van der Waals surface area contributed by atoms with E-state index in [-0.39, 0.29) is 10.4 Å². The molecule has 1 heterocycles. The fourth-order valence-corrected chi connectivity index (χ4v) is 1.61. The second kappa shape index (κ2) is 2.06. The summed E-state index contributed by atoms with van der Waals surface area (Å²) in [6, 6.07) is 0. The quantitative estimate of drug-likeness (QED) is 0.592. The number of rotatable bonds is 0. The van der Waals surface area contributed by atoms with Crippen molar-refractivity contribution in [2.45, 2.75) is 0 Å². The van der Waals surface area contributed by atoms with E-state index in [4.69, 9.17) is 28.1 Å². The maximum Gasteiger partial charge on any atom is 0.586 e. The first-order valence-corrected chi connectivity index (χ1v) is 4.04. The maximum absolute atomic E-state index is 10.3. The second-order valence-electron chi connectivity index (χ2n) is 1.20. The van der Waals surface area contributed by atoms with Gasteiger partial charge < -0.3 is 9.05 Å². The highest BCUT2D eigenvalue weighted by Gasteiger charge is 2.35. The molecule has 0 spiro atoms. The summed E-state index contributed by atoms with van der Waals surface area (Å²) >= 11 is 10.2. The van der Waals surface area contributed by atoms with Gasteiger partial charge in [0.1, 0.15) is 0 Å². The standard InChI is InChI=1S/C2HCl2O4P/c3-1-2(4)8-9(5,6)7-1/h(H,5,6). The van der Waals surface area contributed by atoms with Crippen LogP contribution in [-0.4, -0.2) is 4.89 Å². The van der Waals surface area contributed by atoms with Gasteiger partial charge in [-0.25, -0.2) is 4.57 Å². The van der Waals surface area contributed by atoms with Crippen molar-refractivity contribution < 1.29 is 18.5 Å². The average molecular weight is 191 g/mol. The highest BCUT2D eigenvalue weighted by Crippen LogP contribution is 2.55. The molecular weight excluding hydrogens is 190 g/mol. The van der Waals surface area contributed by atoms with Crippen molar-refractivity contribution in [3.63, 3.8) is 0 Å². The third-order valence-corrected chi connectivity index (χ3v) is 2.18. The summed E-state index contributed by atoms with van der Waals surface area (Å²) in [6.45, 7) is 0. The molecule has 0 aromatic heterocycles. The van der Waals surface area contributed by atoms with Crippen LogP contribution in [0.3, 0.4) is 0 Å². The number of phosphoric ester groups is 1. The van der Waals surface area contributed by atoms with E-state index in [1.165, 1.54) is 0 Å². The summed E-state index contributed by atoms with van der Waals surface area (Å²) in [6.07, 6.45) is 0. The van der Waals surface area contributed by atoms with Crippen molar-refractivity contribution in [1.82, 2.24) is 0 Å². The van der Waals surface area contributed by atoms with Crippen LogP contribution in [0.25, 0.3) is 0 Å². The lowest BCUT2D eigenvalue weighted by Crippen LogP contribution is -1.75. The molecule has 0 aliphatic carbocycles. The Labute approximate surface area is 60.6 Å². The van der Waals surface area contributed by atoms with Crippen LogP contribution in [0.1, 0.15) is 0 Å². The van der Waals surface area contributed by atoms with Crippen LogP contribution in [0, 0.1) is 0 Å². The molecule has 0 saturated heterocycles. The van der Waals surface area contributed by atoms with Crippen molar-refractivity contribution in [2.24, 2.45) is 0 Å². The minimum Gasteiger partial charge on any atom is -0.378 e. The fourth-order valence-electron chi connectivity index (χ4n) is 0.293. The molecule has 0 unspecified atom stereocenters. The highest BCUT2D eigenvalue weighted by molar-refractivity contribution is 7.48. The van der Waals surface area contributed by atoms with E-state index in [0.717, 1.165) is 0 Å². The largest absolute Gasteiger partial charge is 0.586 e. The first-order chi connectivity index (χ1) is 4.01. The maximum atomic E-state index is 10.3. The van der Waals surface area contributed by atoms with Gasteiger partial charge >= 0.3 is 7.82 Å². The molecular formula is C2HCl2O4P. The Hall–Kier alpha value is 0.110. The molecule has 0 fully saturated rings. The van der Waals surface area contributed by atoms with Gasteiger partial charge in [-0.05, 0) is 23.2 Å². The second-order valence-corrected chi connectivity index (χ2v) is 3.19. The van der Waals surface area contributed by atoms with Crippen LogP contribution in [0.4, 0.5) is 0 Å². The van der Waals surface area contributed by atoms with Gasteiger partial charge in [0.15, 0.2) is 0 Å². The van der Waals surface area contributed by atoms with Gasteiger partial charge in [-0.15, -0.1) is 0 Å². The van der Waals surface area contributed by atoms with Crippen LogP contribution in [0.2, 0.25) is 0 Å². The fraction of sp³-hybridized carbons (Fsp3) is 0. The van der Waals surface area contributed by atoms with E-state index in [1.807, 2.05) is 0 Å². The minimum absolute atomic E-state index is 0.387. The van der Waals surface area contributed by atoms with Gasteiger partial charge in [-0.2, -0.15) is 0 Å². The summed E-state index contributed by atoms with van der Waals surface area (Å²) in [5, 5.41) is -0.773. The zero-order valence-corrected chi connectivity index (χ0v) is 6.28. The minimum atomic E-state index is -3.99. The van der Waals surface area contributed by atoms with Crippen molar-refractivity contribution in [3.8, 4) is 0 Å². The smallest absolute Gasteiger partial charge is 0.378 e. The summed E-state index contributed by atoms with van der Waals surface area (Å²) < 4.78 is 18.5. The van der Waals surface area contributed by atoms with Gasteiger partial charge in [0.2, 0.25) is 0 Å². The molecule has 1 aliphatic heterocycles. The molecule has 1 N–H and O–H groups in total. The normalized spacial score (nSPS) is 23.4. The highest BCUT2D eigenvalue weighted by atomic mass is 35.5. The zero-order valence-electron chi connectivity index (χ0n) is 3.88. The Balaban J connectivity index is 2.82. The lowest BCUT2D eigenvalue weighted by Gasteiger charge is -1.97. The molecule has 1 rings (SSSR count). The summed E-state index contributed by atoms with van der Waals surface area (Å²) in [5.41, 5.74) is 0. The Kier molecular flexibility index (Phi) is 1.65. The van der Waals surface area contributed by atoms with E-state index in [0.29, 0.717) is 0 Å². The summed E-state index contributed by atoms with van der Waals surface area (Å²) in [7, 11) is -3.99. The van der Waals surface area contributed by atoms with Gasteiger partial charge in [-0.1, -0.05) is 0 Å². The molecule has 0 radical (unpaired) electrons. The van der Waals surface area contributed by atoms with E-state index >= 15 is 0 Å². The Morgan fingerprint density at radius 1 is 1.33 bits per heavy atom. The zero-order chi connectivity index (χ0) is 7.07. The van der Waals surface area contributed by atoms with E-state index < -0.39 is 7.82 Å². The molecule has 52 valence electrons. The van der Waals surface area contributed by atoms with Crippen LogP contribution in [-0.2, 0) is 13.6 Å². The van der Waals surface area contributed by atoms with Crippen molar-refractivity contribution in [3.05, 3.63) is 10.4 Å². The molecule has 1 aliphatic rings. The summed E-state index contributed by atoms with van der Waals surface area (Å²) in [4.78, 5) is 8.44. The number of hydrogen-bond acceptors (Lipinski definition) is 3. The molecule has 0 aromatic carbocycles. The molecule has 4 nitrogen and oxygen atoms in total. The van der Waals surface area contributed by atoms with Crippen molar-refractivity contribution in [1.29, 1.82) is 0 Å². The number of phosphoric acid groups is 1. The summed E-state index contributed by atoms with van der Waals surface area (Å²) in [5.74, 6) is 0. The van der Waals surface area contributed by atoms with Crippen molar-refractivity contribution in [2.75, 3.05) is 0 Å². The first kappa shape index (κ1) is 7.22. The van der Waals surface area contributed by atoms with Gasteiger partial charge in [-0.3, -0.25) is 4.89 Å². The van der Waals surface area contributed by atoms with E-state index in [1.54, 1.807) is 0 Å². The van der Waals surface area contributed by atoms with Gasteiger partial charge in [0.25, 0.3) is 10.4 Å². The molecule has 0 bridgehead atoms. The van der Waals surface area contributed by atoms with E-state index in [2.05, 4.69) is 9.05 Å². The number of halogens is 2. The Bertz CT molecular complexity index is 193. The Morgan fingerprint density at radius 2 is 1.67 bits per heavy atom.